The minimum atomic E-state index is -2.25. The Morgan fingerprint density at radius 2 is 0.688 bits per heavy atom. The van der Waals surface area contributed by atoms with E-state index >= 15 is 8.78 Å². The quantitative estimate of drug-likeness (QED) is 0.121. The van der Waals surface area contributed by atoms with Gasteiger partial charge in [-0.1, -0.05) is 148 Å². The lowest BCUT2D eigenvalue weighted by Gasteiger charge is -2.34. The van der Waals surface area contributed by atoms with Crippen LogP contribution in [-0.2, 0) is 0 Å². The first-order chi connectivity index (χ1) is 31.0. The molecule has 2 aliphatic rings. The van der Waals surface area contributed by atoms with Gasteiger partial charge in [0.15, 0.2) is 0 Å². The fraction of sp³-hybridized carbons (Fsp3) is 0.103. The van der Waals surface area contributed by atoms with Gasteiger partial charge < -0.3 is 9.80 Å². The molecule has 0 saturated carbocycles. The SMILES string of the molecule is Cc1cc(N(c2ccccc2F)c2cccc3c2[Si](C)(C)c2ccccc2-3)c2ccc3c(C)cc(N(c4ccccc4F)c4cccc5c4[Si](C)(C)c4ccccc4-5)c4ccc1c2c34. The lowest BCUT2D eigenvalue weighted by atomic mass is 9.88. The van der Waals surface area contributed by atoms with Crippen molar-refractivity contribution in [1.82, 2.24) is 0 Å². The van der Waals surface area contributed by atoms with Crippen LogP contribution in [0.25, 0.3) is 54.6 Å². The summed E-state index contributed by atoms with van der Waals surface area (Å²) in [7, 11) is -4.50. The van der Waals surface area contributed by atoms with Crippen molar-refractivity contribution in [2.24, 2.45) is 0 Å². The molecule has 0 N–H and O–H groups in total. The van der Waals surface area contributed by atoms with Gasteiger partial charge in [0.25, 0.3) is 0 Å². The van der Waals surface area contributed by atoms with Crippen molar-refractivity contribution in [3.8, 4) is 22.3 Å². The Morgan fingerprint density at radius 3 is 1.11 bits per heavy atom. The molecule has 2 aliphatic heterocycles. The van der Waals surface area contributed by atoms with Gasteiger partial charge in [0, 0.05) is 22.1 Å². The molecule has 0 atom stereocenters. The maximum absolute atomic E-state index is 16.6. The molecule has 0 unspecified atom stereocenters. The van der Waals surface area contributed by atoms with E-state index in [0.29, 0.717) is 11.4 Å². The van der Waals surface area contributed by atoms with Gasteiger partial charge in [0.2, 0.25) is 0 Å². The molecular weight excluding hydrogens is 819 g/mol. The molecule has 2 heterocycles. The Labute approximate surface area is 375 Å². The van der Waals surface area contributed by atoms with Crippen LogP contribution >= 0.6 is 0 Å². The number of anilines is 6. The zero-order valence-corrected chi connectivity index (χ0v) is 38.8. The van der Waals surface area contributed by atoms with Crippen molar-refractivity contribution >= 4 is 103 Å². The van der Waals surface area contributed by atoms with Crippen molar-refractivity contribution in [2.75, 3.05) is 9.80 Å². The third kappa shape index (κ3) is 5.27. The summed E-state index contributed by atoms with van der Waals surface area (Å²) in [5.74, 6) is -0.553. The second kappa shape index (κ2) is 13.8. The summed E-state index contributed by atoms with van der Waals surface area (Å²) in [4.78, 5) is 4.40. The van der Waals surface area contributed by atoms with Crippen molar-refractivity contribution in [1.29, 1.82) is 0 Å². The van der Waals surface area contributed by atoms with Gasteiger partial charge in [-0.05, 0) is 138 Å². The monoisotopic (exact) mass is 864 g/mol. The summed E-state index contributed by atoms with van der Waals surface area (Å²) >= 11 is 0. The maximum Gasteiger partial charge on any atom is 0.147 e. The maximum atomic E-state index is 16.6. The largest absolute Gasteiger partial charge is 0.307 e. The van der Waals surface area contributed by atoms with Gasteiger partial charge >= 0.3 is 0 Å². The molecule has 0 fully saturated rings. The molecule has 0 saturated heterocycles. The highest BCUT2D eigenvalue weighted by molar-refractivity contribution is 7.05. The molecular formula is C58H46F2N2Si2. The lowest BCUT2D eigenvalue weighted by Crippen LogP contribution is -2.50. The first-order valence-corrected chi connectivity index (χ1v) is 28.2. The fourth-order valence-corrected chi connectivity index (χ4v) is 18.5. The average Bonchev–Trinajstić information content (AvgIpc) is 3.69. The summed E-state index contributed by atoms with van der Waals surface area (Å²) in [5.41, 5.74) is 12.1. The number of benzene rings is 10. The zero-order valence-electron chi connectivity index (χ0n) is 36.8. The third-order valence-corrected chi connectivity index (χ3v) is 21.7. The van der Waals surface area contributed by atoms with Gasteiger partial charge in [-0.2, -0.15) is 0 Å². The summed E-state index contributed by atoms with van der Waals surface area (Å²) in [5, 5.41) is 12.0. The minimum absolute atomic E-state index is 0.277. The van der Waals surface area contributed by atoms with Crippen molar-refractivity contribution < 1.29 is 8.78 Å². The van der Waals surface area contributed by atoms with Crippen molar-refractivity contribution in [3.63, 3.8) is 0 Å². The minimum Gasteiger partial charge on any atom is -0.307 e. The normalized spacial score (nSPS) is 14.2. The second-order valence-electron chi connectivity index (χ2n) is 18.8. The van der Waals surface area contributed by atoms with E-state index in [1.54, 1.807) is 24.3 Å². The number of halogens is 2. The predicted molar refractivity (Wildman–Crippen MR) is 273 cm³/mol. The molecule has 0 radical (unpaired) electrons. The third-order valence-electron chi connectivity index (χ3n) is 14.5. The number of para-hydroxylation sites is 2. The number of nitrogens with zero attached hydrogens (tertiary/aromatic N) is 2. The van der Waals surface area contributed by atoms with Crippen LogP contribution in [0.4, 0.5) is 42.9 Å². The van der Waals surface area contributed by atoms with E-state index in [-0.39, 0.29) is 11.6 Å². The molecule has 0 bridgehead atoms. The molecule has 12 rings (SSSR count). The smallest absolute Gasteiger partial charge is 0.147 e. The van der Waals surface area contributed by atoms with Crippen LogP contribution in [0.15, 0.2) is 170 Å². The van der Waals surface area contributed by atoms with E-state index in [2.05, 4.69) is 171 Å². The van der Waals surface area contributed by atoms with Gasteiger partial charge in [-0.15, -0.1) is 0 Å². The van der Waals surface area contributed by atoms with Crippen LogP contribution in [-0.4, -0.2) is 16.1 Å². The Hall–Kier alpha value is -6.87. The lowest BCUT2D eigenvalue weighted by molar-refractivity contribution is 0.628. The molecule has 10 aromatic carbocycles. The van der Waals surface area contributed by atoms with Gasteiger partial charge in [0.05, 0.1) is 22.7 Å². The predicted octanol–water partition coefficient (Wildman–Crippen LogP) is 14.0. The van der Waals surface area contributed by atoms with Crippen LogP contribution in [0.1, 0.15) is 11.1 Å². The molecule has 6 heteroatoms. The molecule has 310 valence electrons. The molecule has 0 aliphatic carbocycles. The number of aryl methyl sites for hydroxylation is 2. The van der Waals surface area contributed by atoms with Crippen LogP contribution in [0.3, 0.4) is 0 Å². The molecule has 10 aromatic rings. The molecule has 0 spiro atoms. The zero-order chi connectivity index (χ0) is 43.8. The van der Waals surface area contributed by atoms with Crippen LogP contribution in [0, 0.1) is 25.5 Å². The van der Waals surface area contributed by atoms with Gasteiger partial charge in [-0.25, -0.2) is 8.78 Å². The van der Waals surface area contributed by atoms with E-state index < -0.39 is 16.1 Å². The van der Waals surface area contributed by atoms with E-state index in [1.165, 1.54) is 43.0 Å². The Balaban J connectivity index is 1.16. The van der Waals surface area contributed by atoms with Crippen LogP contribution in [0.5, 0.6) is 0 Å². The Morgan fingerprint density at radius 1 is 0.344 bits per heavy atom. The first-order valence-electron chi connectivity index (χ1n) is 22.2. The molecule has 2 nitrogen and oxygen atoms in total. The Bertz CT molecular complexity index is 3360. The van der Waals surface area contributed by atoms with Crippen molar-refractivity contribution in [2.45, 2.75) is 40.0 Å². The molecule has 64 heavy (non-hydrogen) atoms. The van der Waals surface area contributed by atoms with Gasteiger partial charge in [0.1, 0.15) is 27.8 Å². The topological polar surface area (TPSA) is 6.48 Å². The van der Waals surface area contributed by atoms with E-state index in [1.807, 2.05) is 24.3 Å². The summed E-state index contributed by atoms with van der Waals surface area (Å²) in [6.45, 7) is 14.0. The molecule has 0 amide bonds. The standard InChI is InChI=1S/C58H46F2N2Si2/c1-35-33-51(61(47-23-11-9-21-45(47)59)49-25-15-19-41-39-17-7-13-27-53(39)63(3,4)57(41)49)43-32-30-38-36(2)34-52(44-31-29-37(35)55(43)56(38)44)62(48-24-12-10-22-46(48)60)50-26-16-20-42-40-18-8-14-28-54(40)64(5,6)58(42)50/h7-34H,1-6H3. The Kier molecular flexibility index (Phi) is 8.37. The number of hydrogen-bond donors (Lipinski definition) is 0. The average molecular weight is 865 g/mol. The number of fused-ring (bicyclic) bond motifs is 6. The van der Waals surface area contributed by atoms with E-state index in [9.17, 15) is 0 Å². The van der Waals surface area contributed by atoms with Crippen molar-refractivity contribution in [3.05, 3.63) is 193 Å². The highest BCUT2D eigenvalue weighted by atomic mass is 28.3. The summed E-state index contributed by atoms with van der Waals surface area (Å²) in [6.07, 6.45) is 0. The first kappa shape index (κ1) is 38.8. The fourth-order valence-electron chi connectivity index (χ4n) is 11.7. The number of rotatable bonds is 6. The van der Waals surface area contributed by atoms with E-state index in [4.69, 9.17) is 0 Å². The van der Waals surface area contributed by atoms with Gasteiger partial charge in [-0.3, -0.25) is 0 Å². The van der Waals surface area contributed by atoms with Crippen LogP contribution < -0.4 is 30.5 Å². The summed E-state index contributed by atoms with van der Waals surface area (Å²) < 4.78 is 33.3. The highest BCUT2D eigenvalue weighted by Crippen LogP contribution is 2.51. The highest BCUT2D eigenvalue weighted by Gasteiger charge is 2.42. The van der Waals surface area contributed by atoms with Crippen LogP contribution in [0.2, 0.25) is 26.2 Å². The molecule has 0 aromatic heterocycles. The van der Waals surface area contributed by atoms with E-state index in [0.717, 1.165) is 66.2 Å². The number of hydrogen-bond acceptors (Lipinski definition) is 2. The summed E-state index contributed by atoms with van der Waals surface area (Å²) in [6, 6.07) is 58.6. The second-order valence-corrected chi connectivity index (χ2v) is 27.4.